The summed E-state index contributed by atoms with van der Waals surface area (Å²) < 4.78 is 7.72. The number of aromatic amines is 1. The molecule has 0 amide bonds. The highest BCUT2D eigenvalue weighted by atomic mass is 16.5. The van der Waals surface area contributed by atoms with Crippen molar-refractivity contribution >= 4 is 22.7 Å². The Morgan fingerprint density at radius 1 is 1.33 bits per heavy atom. The van der Waals surface area contributed by atoms with E-state index < -0.39 is 0 Å². The fraction of sp³-hybridized carbons (Fsp3) is 0.286. The van der Waals surface area contributed by atoms with E-state index in [1.54, 1.807) is 12.5 Å². The predicted molar refractivity (Wildman–Crippen MR) is 111 cm³/mol. The maximum absolute atomic E-state index is 9.41. The highest BCUT2D eigenvalue weighted by Crippen LogP contribution is 2.43. The van der Waals surface area contributed by atoms with E-state index in [4.69, 9.17) is 9.72 Å². The summed E-state index contributed by atoms with van der Waals surface area (Å²) in [6, 6.07) is 8.04. The van der Waals surface area contributed by atoms with E-state index in [0.717, 1.165) is 41.0 Å². The van der Waals surface area contributed by atoms with Crippen molar-refractivity contribution in [3.05, 3.63) is 42.0 Å². The van der Waals surface area contributed by atoms with Crippen LogP contribution in [-0.2, 0) is 7.05 Å². The summed E-state index contributed by atoms with van der Waals surface area (Å²) in [6.07, 6.45) is 5.52. The Balaban J connectivity index is 1.54. The molecule has 150 valence electrons. The van der Waals surface area contributed by atoms with Gasteiger partial charge in [-0.1, -0.05) is 0 Å². The Bertz CT molecular complexity index is 1280. The van der Waals surface area contributed by atoms with Crippen molar-refractivity contribution in [2.45, 2.75) is 25.7 Å². The molecule has 1 aliphatic carbocycles. The molecule has 2 N–H and O–H groups in total. The lowest BCUT2D eigenvalue weighted by molar-refractivity contribution is 0.342. The Morgan fingerprint density at radius 2 is 2.20 bits per heavy atom. The van der Waals surface area contributed by atoms with Crippen LogP contribution in [0.4, 0.5) is 11.6 Å². The molecule has 0 spiro atoms. The summed E-state index contributed by atoms with van der Waals surface area (Å²) in [5.74, 6) is 2.29. The lowest BCUT2D eigenvalue weighted by atomic mass is 10.1. The number of benzene rings is 1. The van der Waals surface area contributed by atoms with Gasteiger partial charge in [0.05, 0.1) is 28.9 Å². The van der Waals surface area contributed by atoms with Gasteiger partial charge in [-0.25, -0.2) is 4.98 Å². The SMILES string of the molecule is CCOc1cc(-c2nncn2C)ccc1Nc1nc(C2CC2)c2c(C#N)c[nH]c2n1. The van der Waals surface area contributed by atoms with Crippen molar-refractivity contribution in [3.63, 3.8) is 0 Å². The van der Waals surface area contributed by atoms with Crippen LogP contribution in [0.1, 0.15) is 36.9 Å². The Hall–Kier alpha value is -3.93. The summed E-state index contributed by atoms with van der Waals surface area (Å²) in [5.41, 5.74) is 3.84. The standard InChI is InChI=1S/C21H20N8O/c1-3-30-16-8-13(20-28-24-11-29(20)2)6-7-15(16)25-21-26-18(12-4-5-12)17-14(9-22)10-23-19(17)27-21/h6-8,10-12H,3-5H2,1-2H3,(H2,23,25,26,27). The highest BCUT2D eigenvalue weighted by Gasteiger charge is 2.29. The fourth-order valence-electron chi connectivity index (χ4n) is 3.56. The van der Waals surface area contributed by atoms with E-state index in [-0.39, 0.29) is 0 Å². The molecule has 0 unspecified atom stereocenters. The summed E-state index contributed by atoms with van der Waals surface area (Å²) >= 11 is 0. The van der Waals surface area contributed by atoms with Crippen molar-refractivity contribution in [1.82, 2.24) is 29.7 Å². The Kier molecular flexibility index (Phi) is 4.32. The van der Waals surface area contributed by atoms with Crippen molar-refractivity contribution in [3.8, 4) is 23.2 Å². The molecule has 1 aromatic carbocycles. The van der Waals surface area contributed by atoms with Crippen molar-refractivity contribution < 1.29 is 4.74 Å². The quantitative estimate of drug-likeness (QED) is 0.507. The molecule has 9 nitrogen and oxygen atoms in total. The molecule has 9 heteroatoms. The molecule has 0 saturated heterocycles. The lowest BCUT2D eigenvalue weighted by Crippen LogP contribution is -2.04. The number of nitrogens with one attached hydrogen (secondary N) is 2. The van der Waals surface area contributed by atoms with E-state index in [0.29, 0.717) is 35.4 Å². The minimum atomic E-state index is 0.378. The second-order valence-electron chi connectivity index (χ2n) is 7.28. The van der Waals surface area contributed by atoms with Gasteiger partial charge >= 0.3 is 0 Å². The molecule has 4 aromatic rings. The molecule has 1 aliphatic rings. The number of nitrogens with zero attached hydrogens (tertiary/aromatic N) is 6. The van der Waals surface area contributed by atoms with Gasteiger partial charge in [-0.05, 0) is 38.0 Å². The number of ether oxygens (including phenoxy) is 1. The Labute approximate surface area is 172 Å². The molecule has 0 aliphatic heterocycles. The third-order valence-electron chi connectivity index (χ3n) is 5.14. The summed E-state index contributed by atoms with van der Waals surface area (Å²) in [4.78, 5) is 12.4. The second kappa shape index (κ2) is 7.15. The van der Waals surface area contributed by atoms with E-state index in [9.17, 15) is 5.26 Å². The zero-order valence-corrected chi connectivity index (χ0v) is 16.7. The van der Waals surface area contributed by atoms with Crippen LogP contribution in [0.3, 0.4) is 0 Å². The number of anilines is 2. The van der Waals surface area contributed by atoms with Crippen LogP contribution in [0.25, 0.3) is 22.4 Å². The first-order valence-corrected chi connectivity index (χ1v) is 9.85. The molecular weight excluding hydrogens is 380 g/mol. The zero-order valence-electron chi connectivity index (χ0n) is 16.7. The number of hydrogen-bond donors (Lipinski definition) is 2. The Morgan fingerprint density at radius 3 is 2.90 bits per heavy atom. The fourth-order valence-corrected chi connectivity index (χ4v) is 3.56. The number of aryl methyl sites for hydroxylation is 1. The van der Waals surface area contributed by atoms with Gasteiger partial charge < -0.3 is 19.6 Å². The van der Waals surface area contributed by atoms with Gasteiger partial charge in [0.15, 0.2) is 5.82 Å². The minimum absolute atomic E-state index is 0.378. The number of hydrogen-bond acceptors (Lipinski definition) is 7. The van der Waals surface area contributed by atoms with E-state index >= 15 is 0 Å². The molecule has 0 bridgehead atoms. The third kappa shape index (κ3) is 3.12. The molecule has 0 radical (unpaired) electrons. The average molecular weight is 400 g/mol. The van der Waals surface area contributed by atoms with Crippen molar-refractivity contribution in [1.29, 1.82) is 5.26 Å². The first-order chi connectivity index (χ1) is 14.7. The van der Waals surface area contributed by atoms with Crippen LogP contribution >= 0.6 is 0 Å². The van der Waals surface area contributed by atoms with Crippen LogP contribution in [-0.4, -0.2) is 36.3 Å². The molecule has 5 rings (SSSR count). The van der Waals surface area contributed by atoms with Gasteiger partial charge in [0, 0.05) is 24.7 Å². The largest absolute Gasteiger partial charge is 0.492 e. The molecule has 3 heterocycles. The number of H-pyrrole nitrogens is 1. The first-order valence-electron chi connectivity index (χ1n) is 9.85. The molecule has 1 saturated carbocycles. The molecular formula is C21H20N8O. The molecule has 1 fully saturated rings. The molecule has 0 atom stereocenters. The van der Waals surface area contributed by atoms with Crippen molar-refractivity contribution in [2.75, 3.05) is 11.9 Å². The van der Waals surface area contributed by atoms with Crippen LogP contribution in [0, 0.1) is 11.3 Å². The molecule has 3 aromatic heterocycles. The van der Waals surface area contributed by atoms with E-state index in [1.165, 1.54) is 0 Å². The first kappa shape index (κ1) is 18.1. The summed E-state index contributed by atoms with van der Waals surface area (Å²) in [5, 5.41) is 21.6. The summed E-state index contributed by atoms with van der Waals surface area (Å²) in [7, 11) is 1.90. The average Bonchev–Trinajstić information content (AvgIpc) is 3.38. The number of rotatable bonds is 6. The van der Waals surface area contributed by atoms with Crippen LogP contribution in [0.5, 0.6) is 5.75 Å². The van der Waals surface area contributed by atoms with Gasteiger partial charge in [0.2, 0.25) is 5.95 Å². The smallest absolute Gasteiger partial charge is 0.229 e. The number of nitriles is 1. The number of aromatic nitrogens is 6. The minimum Gasteiger partial charge on any atom is -0.492 e. The third-order valence-corrected chi connectivity index (χ3v) is 5.14. The van der Waals surface area contributed by atoms with Crippen molar-refractivity contribution in [2.24, 2.45) is 7.05 Å². The van der Waals surface area contributed by atoms with Gasteiger partial charge in [0.25, 0.3) is 0 Å². The zero-order chi connectivity index (χ0) is 20.7. The van der Waals surface area contributed by atoms with Gasteiger partial charge in [-0.3, -0.25) is 0 Å². The molecule has 30 heavy (non-hydrogen) atoms. The van der Waals surface area contributed by atoms with Crippen LogP contribution in [0.15, 0.2) is 30.7 Å². The lowest BCUT2D eigenvalue weighted by Gasteiger charge is -2.14. The predicted octanol–water partition coefficient (Wildman–Crippen LogP) is 3.64. The van der Waals surface area contributed by atoms with Crippen LogP contribution in [0.2, 0.25) is 0 Å². The highest BCUT2D eigenvalue weighted by molar-refractivity contribution is 5.87. The normalized spacial score (nSPS) is 13.4. The monoisotopic (exact) mass is 400 g/mol. The maximum atomic E-state index is 9.41. The number of fused-ring (bicyclic) bond motifs is 1. The summed E-state index contributed by atoms with van der Waals surface area (Å²) in [6.45, 7) is 2.46. The van der Waals surface area contributed by atoms with Gasteiger partial charge in [-0.2, -0.15) is 10.2 Å². The van der Waals surface area contributed by atoms with E-state index in [1.807, 2.05) is 36.7 Å². The van der Waals surface area contributed by atoms with Crippen LogP contribution < -0.4 is 10.1 Å². The second-order valence-corrected chi connectivity index (χ2v) is 7.28. The maximum Gasteiger partial charge on any atom is 0.229 e. The topological polar surface area (TPSA) is 117 Å². The van der Waals surface area contributed by atoms with Gasteiger partial charge in [0.1, 0.15) is 23.8 Å². The van der Waals surface area contributed by atoms with Gasteiger partial charge in [-0.15, -0.1) is 10.2 Å². The van der Waals surface area contributed by atoms with E-state index in [2.05, 4.69) is 31.6 Å².